The quantitative estimate of drug-likeness (QED) is 0.623. The maximum Gasteiger partial charge on any atom is 0.315 e. The van der Waals surface area contributed by atoms with Gasteiger partial charge in [0.05, 0.1) is 10.9 Å². The van der Waals surface area contributed by atoms with E-state index in [0.717, 1.165) is 0 Å². The van der Waals surface area contributed by atoms with Gasteiger partial charge in [-0.3, -0.25) is 4.79 Å². The van der Waals surface area contributed by atoms with Gasteiger partial charge in [-0.15, -0.1) is 0 Å². The predicted octanol–water partition coefficient (Wildman–Crippen LogP) is 4.73. The molecule has 0 bridgehead atoms. The van der Waals surface area contributed by atoms with Gasteiger partial charge in [0.2, 0.25) is 0 Å². The van der Waals surface area contributed by atoms with Crippen LogP contribution in [0.4, 0.5) is 0 Å². The largest absolute Gasteiger partial charge is 0.508 e. The van der Waals surface area contributed by atoms with E-state index < -0.39 is 17.5 Å². The van der Waals surface area contributed by atoms with Crippen LogP contribution in [-0.4, -0.2) is 16.2 Å². The molecule has 0 amide bonds. The third-order valence-corrected chi connectivity index (χ3v) is 5.78. The molecule has 5 rings (SSSR count). The van der Waals surface area contributed by atoms with Crippen LogP contribution in [0.3, 0.4) is 0 Å². The highest BCUT2D eigenvalue weighted by atomic mass is 35.5. The summed E-state index contributed by atoms with van der Waals surface area (Å²) >= 11 is 12.7. The highest BCUT2D eigenvalue weighted by molar-refractivity contribution is 6.32. The molecule has 7 heteroatoms. The van der Waals surface area contributed by atoms with Gasteiger partial charge in [0.15, 0.2) is 5.60 Å². The zero-order valence-corrected chi connectivity index (χ0v) is 15.2. The van der Waals surface area contributed by atoms with E-state index in [1.165, 1.54) is 24.3 Å². The topological polar surface area (TPSA) is 76.0 Å². The summed E-state index contributed by atoms with van der Waals surface area (Å²) in [7, 11) is 0. The number of ether oxygens (including phenoxy) is 2. The molecule has 2 atom stereocenters. The summed E-state index contributed by atoms with van der Waals surface area (Å²) in [5, 5.41) is 20.4. The molecule has 2 heterocycles. The van der Waals surface area contributed by atoms with Crippen molar-refractivity contribution in [2.75, 3.05) is 0 Å². The fourth-order valence-electron chi connectivity index (χ4n) is 4.04. The van der Waals surface area contributed by atoms with E-state index in [4.69, 9.17) is 32.7 Å². The van der Waals surface area contributed by atoms with Crippen molar-refractivity contribution in [1.29, 1.82) is 0 Å². The fraction of sp³-hybridized carbons (Fsp3) is 0.150. The number of aromatic hydroxyl groups is 2. The van der Waals surface area contributed by atoms with Gasteiger partial charge in [-0.25, -0.2) is 0 Å². The van der Waals surface area contributed by atoms with Crippen LogP contribution in [0.15, 0.2) is 53.1 Å². The van der Waals surface area contributed by atoms with Gasteiger partial charge in [0.1, 0.15) is 23.0 Å². The molecule has 1 spiro atoms. The van der Waals surface area contributed by atoms with Crippen molar-refractivity contribution < 1.29 is 24.5 Å². The van der Waals surface area contributed by atoms with Crippen molar-refractivity contribution in [2.45, 2.75) is 12.0 Å². The van der Waals surface area contributed by atoms with Crippen LogP contribution in [0.5, 0.6) is 23.0 Å². The van der Waals surface area contributed by atoms with Crippen LogP contribution in [0, 0.1) is 5.92 Å². The number of fused-ring (bicyclic) bond motifs is 6. The standard InChI is InChI=1S/C20H12Cl2O5/c21-13-3-1-2-10-18(13)20(27-19(10)25)11-5-4-9(23)6-16(11)26-17-8-15(24)14(22)7-12(17)20/h1,3-8,10,23-24H,2H2. The number of hydrogen-bond acceptors (Lipinski definition) is 5. The third kappa shape index (κ3) is 2.10. The lowest BCUT2D eigenvalue weighted by Crippen LogP contribution is -2.33. The molecule has 0 saturated carbocycles. The number of phenolic OH excluding ortho intramolecular Hbond substituents is 2. The number of carbonyl (C=O) groups is 1. The number of rotatable bonds is 0. The minimum atomic E-state index is -1.34. The van der Waals surface area contributed by atoms with Crippen molar-refractivity contribution in [1.82, 2.24) is 0 Å². The first-order valence-electron chi connectivity index (χ1n) is 8.25. The molecule has 2 aliphatic heterocycles. The van der Waals surface area contributed by atoms with Crippen LogP contribution in [0.2, 0.25) is 5.02 Å². The van der Waals surface area contributed by atoms with E-state index in [0.29, 0.717) is 33.9 Å². The van der Waals surface area contributed by atoms with Crippen molar-refractivity contribution in [3.05, 3.63) is 69.2 Å². The molecule has 1 fully saturated rings. The molecule has 1 saturated heterocycles. The summed E-state index contributed by atoms with van der Waals surface area (Å²) in [5.74, 6) is -0.515. The van der Waals surface area contributed by atoms with Crippen LogP contribution in [-0.2, 0) is 15.1 Å². The lowest BCUT2D eigenvalue weighted by Gasteiger charge is -2.38. The lowest BCUT2D eigenvalue weighted by molar-refractivity contribution is -0.148. The van der Waals surface area contributed by atoms with E-state index in [9.17, 15) is 15.0 Å². The number of allylic oxidation sites excluding steroid dienone is 3. The molecule has 2 N–H and O–H groups in total. The van der Waals surface area contributed by atoms with E-state index in [2.05, 4.69) is 0 Å². The highest BCUT2D eigenvalue weighted by Gasteiger charge is 2.59. The van der Waals surface area contributed by atoms with Crippen LogP contribution in [0.25, 0.3) is 0 Å². The van der Waals surface area contributed by atoms with Gasteiger partial charge < -0.3 is 19.7 Å². The first kappa shape index (κ1) is 16.5. The van der Waals surface area contributed by atoms with Crippen LogP contribution in [0.1, 0.15) is 17.5 Å². The summed E-state index contributed by atoms with van der Waals surface area (Å²) in [6.07, 6.45) is 4.05. The second-order valence-electron chi connectivity index (χ2n) is 6.64. The Morgan fingerprint density at radius 1 is 1.07 bits per heavy atom. The molecule has 2 aromatic carbocycles. The SMILES string of the molecule is O=C1OC2(C3=C(Cl)C=CCC13)c1ccc(O)cc1Oc1cc(O)c(Cl)cc12. The Labute approximate surface area is 164 Å². The maximum absolute atomic E-state index is 12.7. The summed E-state index contributed by atoms with van der Waals surface area (Å²) < 4.78 is 11.8. The highest BCUT2D eigenvalue weighted by Crippen LogP contribution is 2.61. The third-order valence-electron chi connectivity index (χ3n) is 5.15. The summed E-state index contributed by atoms with van der Waals surface area (Å²) in [6, 6.07) is 7.44. The first-order chi connectivity index (χ1) is 12.9. The van der Waals surface area contributed by atoms with Crippen molar-refractivity contribution in [3.63, 3.8) is 0 Å². The molecule has 136 valence electrons. The lowest BCUT2D eigenvalue weighted by atomic mass is 9.73. The monoisotopic (exact) mass is 402 g/mol. The molecular weight excluding hydrogens is 391 g/mol. The Balaban J connectivity index is 1.91. The van der Waals surface area contributed by atoms with Gasteiger partial charge in [-0.1, -0.05) is 29.3 Å². The zero-order valence-electron chi connectivity index (χ0n) is 13.7. The number of hydrogen-bond donors (Lipinski definition) is 2. The van der Waals surface area contributed by atoms with Crippen LogP contribution >= 0.6 is 23.2 Å². The molecule has 5 nitrogen and oxygen atoms in total. The minimum Gasteiger partial charge on any atom is -0.508 e. The average molecular weight is 403 g/mol. The number of halogens is 2. The van der Waals surface area contributed by atoms with Crippen LogP contribution < -0.4 is 4.74 Å². The number of carbonyl (C=O) groups excluding carboxylic acids is 1. The Kier molecular flexibility index (Phi) is 3.33. The van der Waals surface area contributed by atoms with Gasteiger partial charge in [-0.05, 0) is 30.7 Å². The van der Waals surface area contributed by atoms with E-state index >= 15 is 0 Å². The molecule has 27 heavy (non-hydrogen) atoms. The molecule has 2 aromatic rings. The molecule has 3 aliphatic rings. The molecule has 1 aliphatic carbocycles. The average Bonchev–Trinajstić information content (AvgIpc) is 2.92. The Morgan fingerprint density at radius 3 is 2.67 bits per heavy atom. The summed E-state index contributed by atoms with van der Waals surface area (Å²) in [5.41, 5.74) is 0.281. The Bertz CT molecular complexity index is 1090. The first-order valence-corrected chi connectivity index (χ1v) is 9.01. The van der Waals surface area contributed by atoms with E-state index in [1.807, 2.05) is 6.08 Å². The number of esters is 1. The number of benzene rings is 2. The zero-order chi connectivity index (χ0) is 18.9. The van der Waals surface area contributed by atoms with Crippen molar-refractivity contribution in [2.24, 2.45) is 5.92 Å². The number of phenols is 2. The predicted molar refractivity (Wildman–Crippen MR) is 98.3 cm³/mol. The molecule has 2 unspecified atom stereocenters. The van der Waals surface area contributed by atoms with Gasteiger partial charge >= 0.3 is 5.97 Å². The van der Waals surface area contributed by atoms with Gasteiger partial charge in [0, 0.05) is 33.9 Å². The fourth-order valence-corrected chi connectivity index (χ4v) is 4.56. The second kappa shape index (κ2) is 5.44. The van der Waals surface area contributed by atoms with E-state index in [1.54, 1.807) is 12.1 Å². The maximum atomic E-state index is 12.7. The second-order valence-corrected chi connectivity index (χ2v) is 7.45. The van der Waals surface area contributed by atoms with Crippen molar-refractivity contribution in [3.8, 4) is 23.0 Å². The van der Waals surface area contributed by atoms with Gasteiger partial charge in [0.25, 0.3) is 0 Å². The smallest absolute Gasteiger partial charge is 0.315 e. The summed E-state index contributed by atoms with van der Waals surface area (Å²) in [6.45, 7) is 0. The molecule has 0 aromatic heterocycles. The molecule has 0 radical (unpaired) electrons. The van der Waals surface area contributed by atoms with Crippen molar-refractivity contribution >= 4 is 29.2 Å². The Hall–Kier alpha value is -2.63. The minimum absolute atomic E-state index is 0.00461. The van der Waals surface area contributed by atoms with E-state index in [-0.39, 0.29) is 22.3 Å². The summed E-state index contributed by atoms with van der Waals surface area (Å²) in [4.78, 5) is 12.7. The normalized spacial score (nSPS) is 25.0. The molecular formula is C20H12Cl2O5. The Morgan fingerprint density at radius 2 is 1.85 bits per heavy atom. The van der Waals surface area contributed by atoms with Gasteiger partial charge in [-0.2, -0.15) is 0 Å².